The van der Waals surface area contributed by atoms with Gasteiger partial charge < -0.3 is 15.5 Å². The van der Waals surface area contributed by atoms with Crippen LogP contribution in [0.15, 0.2) is 30.5 Å². The first-order chi connectivity index (χ1) is 11.7. The molecule has 6 nitrogen and oxygen atoms in total. The third-order valence-electron chi connectivity index (χ3n) is 4.14. The first kappa shape index (κ1) is 19.7. The van der Waals surface area contributed by atoms with Crippen LogP contribution in [0, 0.1) is 0 Å². The number of hydrogen-bond donors (Lipinski definition) is 3. The van der Waals surface area contributed by atoms with Gasteiger partial charge in [-0.3, -0.25) is 9.89 Å². The van der Waals surface area contributed by atoms with Crippen LogP contribution in [0.5, 0.6) is 0 Å². The first-order valence-corrected chi connectivity index (χ1v) is 8.62. The van der Waals surface area contributed by atoms with Crippen molar-refractivity contribution in [2.75, 3.05) is 39.3 Å². The Morgan fingerprint density at radius 3 is 2.88 bits per heavy atom. The monoisotopic (exact) mass is 383 g/mol. The predicted octanol–water partition coefficient (Wildman–Crippen LogP) is 2.18. The maximum absolute atomic E-state index is 12.4. The summed E-state index contributed by atoms with van der Waals surface area (Å²) in [5.41, 5.74) is 2.09. The van der Waals surface area contributed by atoms with Crippen molar-refractivity contribution in [1.29, 1.82) is 0 Å². The van der Waals surface area contributed by atoms with E-state index < -0.39 is 0 Å². The fourth-order valence-corrected chi connectivity index (χ4v) is 3.05. The molecule has 0 unspecified atom stereocenters. The van der Waals surface area contributed by atoms with Crippen molar-refractivity contribution in [3.05, 3.63) is 41.0 Å². The smallest absolute Gasteiger partial charge is 0.255 e. The van der Waals surface area contributed by atoms with E-state index in [1.807, 2.05) is 18.2 Å². The fraction of sp³-hybridized carbons (Fsp3) is 0.412. The molecule has 0 spiro atoms. The number of hydrogen-bond acceptors (Lipinski definition) is 4. The molecule has 0 atom stereocenters. The number of carbonyl (C=O) groups is 1. The van der Waals surface area contributed by atoms with E-state index in [2.05, 4.69) is 25.7 Å². The van der Waals surface area contributed by atoms with Crippen molar-refractivity contribution < 1.29 is 4.79 Å². The Labute approximate surface area is 158 Å². The number of piperazine rings is 1. The van der Waals surface area contributed by atoms with Gasteiger partial charge in [-0.15, -0.1) is 12.4 Å². The third kappa shape index (κ3) is 5.44. The summed E-state index contributed by atoms with van der Waals surface area (Å²) in [5.74, 6) is -0.112. The molecule has 2 heterocycles. The molecule has 0 bridgehead atoms. The van der Waals surface area contributed by atoms with Gasteiger partial charge in [-0.05, 0) is 25.1 Å². The number of halogens is 2. The van der Waals surface area contributed by atoms with Gasteiger partial charge in [-0.25, -0.2) is 0 Å². The van der Waals surface area contributed by atoms with Crippen LogP contribution in [0.1, 0.15) is 16.8 Å². The number of nitrogens with one attached hydrogen (secondary N) is 3. The highest BCUT2D eigenvalue weighted by Crippen LogP contribution is 2.23. The number of aromatic amines is 1. The summed E-state index contributed by atoms with van der Waals surface area (Å²) in [5, 5.41) is 13.8. The lowest BCUT2D eigenvalue weighted by Crippen LogP contribution is -2.44. The lowest BCUT2D eigenvalue weighted by atomic mass is 10.1. The van der Waals surface area contributed by atoms with Crippen LogP contribution in [0.3, 0.4) is 0 Å². The first-order valence-electron chi connectivity index (χ1n) is 8.24. The van der Waals surface area contributed by atoms with Crippen LogP contribution in [0.25, 0.3) is 11.3 Å². The second-order valence-electron chi connectivity index (χ2n) is 5.87. The molecule has 2 aromatic rings. The molecular weight excluding hydrogens is 361 g/mol. The molecule has 1 aliphatic heterocycles. The van der Waals surface area contributed by atoms with Crippen LogP contribution in [0.4, 0.5) is 0 Å². The number of H-pyrrole nitrogens is 1. The average Bonchev–Trinajstić information content (AvgIpc) is 3.09. The zero-order chi connectivity index (χ0) is 16.8. The zero-order valence-electron chi connectivity index (χ0n) is 13.9. The van der Waals surface area contributed by atoms with Crippen LogP contribution < -0.4 is 10.6 Å². The highest BCUT2D eigenvalue weighted by atomic mass is 35.5. The average molecular weight is 384 g/mol. The molecule has 1 aliphatic rings. The quantitative estimate of drug-likeness (QED) is 0.668. The van der Waals surface area contributed by atoms with Gasteiger partial charge in [0.1, 0.15) is 0 Å². The topological polar surface area (TPSA) is 73.1 Å². The minimum Gasteiger partial charge on any atom is -0.352 e. The minimum atomic E-state index is -0.112. The lowest BCUT2D eigenvalue weighted by molar-refractivity contribution is 0.0952. The van der Waals surface area contributed by atoms with Gasteiger partial charge in [0.2, 0.25) is 0 Å². The summed E-state index contributed by atoms with van der Waals surface area (Å²) < 4.78 is 0. The normalized spacial score (nSPS) is 14.8. The largest absolute Gasteiger partial charge is 0.352 e. The van der Waals surface area contributed by atoms with Gasteiger partial charge >= 0.3 is 0 Å². The van der Waals surface area contributed by atoms with E-state index in [0.717, 1.165) is 44.7 Å². The standard InChI is InChI=1S/C17H22ClN5O.ClH/c18-14-4-1-3-13(11-14)16-15(12-21-22-16)17(24)20-5-2-8-23-9-6-19-7-10-23;/h1,3-4,11-12,19H,2,5-10H2,(H,20,24)(H,21,22);1H. The Kier molecular flexibility index (Phi) is 7.71. The fourth-order valence-electron chi connectivity index (χ4n) is 2.86. The zero-order valence-corrected chi connectivity index (χ0v) is 15.5. The maximum Gasteiger partial charge on any atom is 0.255 e. The van der Waals surface area contributed by atoms with Gasteiger partial charge in [-0.2, -0.15) is 5.10 Å². The molecule has 0 saturated carbocycles. The molecule has 1 aromatic heterocycles. The molecule has 0 aliphatic carbocycles. The van der Waals surface area contributed by atoms with E-state index in [1.54, 1.807) is 12.3 Å². The summed E-state index contributed by atoms with van der Waals surface area (Å²) in [6, 6.07) is 7.38. The number of amides is 1. The van der Waals surface area contributed by atoms with E-state index >= 15 is 0 Å². The molecule has 1 aromatic carbocycles. The van der Waals surface area contributed by atoms with E-state index in [9.17, 15) is 4.79 Å². The van der Waals surface area contributed by atoms with E-state index in [4.69, 9.17) is 11.6 Å². The van der Waals surface area contributed by atoms with Crippen molar-refractivity contribution in [2.45, 2.75) is 6.42 Å². The number of aromatic nitrogens is 2. The molecule has 1 fully saturated rings. The Balaban J connectivity index is 0.00000225. The SMILES string of the molecule is Cl.O=C(NCCCN1CCNCC1)c1cn[nH]c1-c1cccc(Cl)c1. The second-order valence-corrected chi connectivity index (χ2v) is 6.31. The Morgan fingerprint density at radius 2 is 2.12 bits per heavy atom. The van der Waals surface area contributed by atoms with Crippen LogP contribution in [0.2, 0.25) is 5.02 Å². The van der Waals surface area contributed by atoms with Crippen molar-refractivity contribution in [2.24, 2.45) is 0 Å². The van der Waals surface area contributed by atoms with E-state index in [-0.39, 0.29) is 18.3 Å². The Bertz CT molecular complexity index is 685. The number of benzene rings is 1. The van der Waals surface area contributed by atoms with Gasteiger partial charge in [0.15, 0.2) is 0 Å². The Hall–Kier alpha value is -1.60. The highest BCUT2D eigenvalue weighted by molar-refractivity contribution is 6.30. The van der Waals surface area contributed by atoms with Crippen LogP contribution in [-0.2, 0) is 0 Å². The van der Waals surface area contributed by atoms with Crippen molar-refractivity contribution in [3.8, 4) is 11.3 Å². The molecule has 1 saturated heterocycles. The summed E-state index contributed by atoms with van der Waals surface area (Å²) in [4.78, 5) is 14.8. The number of rotatable bonds is 6. The van der Waals surface area contributed by atoms with Gasteiger partial charge in [0.05, 0.1) is 17.5 Å². The maximum atomic E-state index is 12.4. The molecule has 136 valence electrons. The van der Waals surface area contributed by atoms with Crippen LogP contribution >= 0.6 is 24.0 Å². The summed E-state index contributed by atoms with van der Waals surface area (Å²) >= 11 is 6.03. The van der Waals surface area contributed by atoms with Crippen molar-refractivity contribution in [3.63, 3.8) is 0 Å². The van der Waals surface area contributed by atoms with Crippen molar-refractivity contribution >= 4 is 29.9 Å². The van der Waals surface area contributed by atoms with Crippen LogP contribution in [-0.4, -0.2) is 60.3 Å². The Morgan fingerprint density at radius 1 is 1.32 bits per heavy atom. The predicted molar refractivity (Wildman–Crippen MR) is 103 cm³/mol. The second kappa shape index (κ2) is 9.77. The third-order valence-corrected chi connectivity index (χ3v) is 4.38. The summed E-state index contributed by atoms with van der Waals surface area (Å²) in [6.07, 6.45) is 2.50. The molecule has 25 heavy (non-hydrogen) atoms. The van der Waals surface area contributed by atoms with Gasteiger partial charge in [-0.1, -0.05) is 23.7 Å². The molecular formula is C17H23Cl2N5O. The summed E-state index contributed by atoms with van der Waals surface area (Å²) in [7, 11) is 0. The van der Waals surface area contributed by atoms with Gasteiger partial charge in [0, 0.05) is 43.3 Å². The molecule has 8 heteroatoms. The van der Waals surface area contributed by atoms with Crippen molar-refractivity contribution in [1.82, 2.24) is 25.7 Å². The van der Waals surface area contributed by atoms with E-state index in [0.29, 0.717) is 22.8 Å². The van der Waals surface area contributed by atoms with Gasteiger partial charge in [0.25, 0.3) is 5.91 Å². The highest BCUT2D eigenvalue weighted by Gasteiger charge is 2.15. The van der Waals surface area contributed by atoms with E-state index in [1.165, 1.54) is 0 Å². The molecule has 0 radical (unpaired) electrons. The molecule has 3 rings (SSSR count). The number of nitrogens with zero attached hydrogens (tertiary/aromatic N) is 2. The molecule has 3 N–H and O–H groups in total. The lowest BCUT2D eigenvalue weighted by Gasteiger charge is -2.27. The summed E-state index contributed by atoms with van der Waals surface area (Å²) in [6.45, 7) is 5.91. The minimum absolute atomic E-state index is 0. The molecule has 1 amide bonds. The number of carbonyl (C=O) groups excluding carboxylic acids is 1.